The average molecular weight is 269 g/mol. The zero-order valence-corrected chi connectivity index (χ0v) is 11.2. The molecule has 0 amide bonds. The highest BCUT2D eigenvalue weighted by atomic mass is 35.5. The third-order valence-electron chi connectivity index (χ3n) is 2.21. The van der Waals surface area contributed by atoms with Crippen LogP contribution in [0.3, 0.4) is 0 Å². The minimum atomic E-state index is -1.27. The lowest BCUT2D eigenvalue weighted by Crippen LogP contribution is -2.45. The summed E-state index contributed by atoms with van der Waals surface area (Å²) in [4.78, 5) is 0. The number of rotatable bonds is 3. The molecule has 0 saturated heterocycles. The van der Waals surface area contributed by atoms with Crippen LogP contribution in [-0.2, 0) is 11.4 Å². The number of alkyl halides is 2. The summed E-state index contributed by atoms with van der Waals surface area (Å²) in [5.41, 5.74) is 0. The molecule has 1 aliphatic rings. The van der Waals surface area contributed by atoms with Crippen LogP contribution < -0.4 is 4.72 Å². The van der Waals surface area contributed by atoms with Gasteiger partial charge in [0.05, 0.1) is 6.07 Å². The summed E-state index contributed by atoms with van der Waals surface area (Å²) in [7, 11) is 0. The lowest BCUT2D eigenvalue weighted by molar-refractivity contribution is 0.526. The molecule has 0 aromatic rings. The summed E-state index contributed by atoms with van der Waals surface area (Å²) >= 11 is 10.4. The van der Waals surface area contributed by atoms with E-state index >= 15 is 0 Å². The molecule has 3 nitrogen and oxygen atoms in total. The quantitative estimate of drug-likeness (QED) is 0.630. The van der Waals surface area contributed by atoms with Gasteiger partial charge in [0, 0.05) is 17.3 Å². The second-order valence-electron chi connectivity index (χ2n) is 4.68. The smallest absolute Gasteiger partial charge is 0.145 e. The Morgan fingerprint density at radius 2 is 2.07 bits per heavy atom. The van der Waals surface area contributed by atoms with Gasteiger partial charge in [-0.1, -0.05) is 0 Å². The number of hydrogen-bond donors (Lipinski definition) is 1. The molecule has 0 aliphatic heterocycles. The molecule has 1 fully saturated rings. The maximum atomic E-state index is 11.7. The van der Waals surface area contributed by atoms with Crippen LogP contribution in [-0.4, -0.2) is 19.7 Å². The fourth-order valence-corrected chi connectivity index (χ4v) is 2.47. The second-order valence-corrected chi connectivity index (χ2v) is 8.22. The van der Waals surface area contributed by atoms with E-state index in [9.17, 15) is 4.55 Å². The summed E-state index contributed by atoms with van der Waals surface area (Å²) in [6, 6.07) is 1.51. The maximum absolute atomic E-state index is 11.7. The van der Waals surface area contributed by atoms with Gasteiger partial charge in [-0.3, -0.25) is 0 Å². The van der Waals surface area contributed by atoms with Crippen LogP contribution in [0.15, 0.2) is 0 Å². The molecule has 6 heteroatoms. The van der Waals surface area contributed by atoms with Gasteiger partial charge < -0.3 is 4.55 Å². The number of hydrogen-bond acceptors (Lipinski definition) is 3. The zero-order valence-electron chi connectivity index (χ0n) is 8.88. The summed E-state index contributed by atoms with van der Waals surface area (Å²) in [6.07, 6.45) is 0.572. The van der Waals surface area contributed by atoms with Crippen LogP contribution in [0, 0.1) is 17.2 Å². The van der Waals surface area contributed by atoms with Crippen molar-refractivity contribution in [2.75, 3.05) is 0 Å². The van der Waals surface area contributed by atoms with Crippen LogP contribution in [0.2, 0.25) is 0 Å². The Bertz CT molecular complexity index is 285. The first-order valence-corrected chi connectivity index (χ1v) is 6.54. The van der Waals surface area contributed by atoms with Crippen LogP contribution in [0.25, 0.3) is 0 Å². The molecular formula is C9H14Cl2N2OS. The van der Waals surface area contributed by atoms with Crippen molar-refractivity contribution in [3.63, 3.8) is 0 Å². The molecule has 0 spiro atoms. The van der Waals surface area contributed by atoms with Gasteiger partial charge in [-0.25, -0.2) is 0 Å². The Labute approximate surface area is 103 Å². The first-order valence-electron chi connectivity index (χ1n) is 4.64. The van der Waals surface area contributed by atoms with E-state index < -0.39 is 26.5 Å². The third kappa shape index (κ3) is 3.40. The molecule has 1 aliphatic carbocycles. The van der Waals surface area contributed by atoms with Crippen LogP contribution in [0.1, 0.15) is 27.2 Å². The van der Waals surface area contributed by atoms with Gasteiger partial charge in [0.1, 0.15) is 15.1 Å². The standard InChI is InChI=1S/C9H14Cl2N2OS/c1-8(2,3)15(14)13-7(5-12)6-4-9(6,10)11/h6-7,13H,4H2,1-3H3. The number of halogens is 2. The van der Waals surface area contributed by atoms with Crippen LogP contribution in [0.4, 0.5) is 0 Å². The molecule has 86 valence electrons. The first kappa shape index (κ1) is 13.4. The molecule has 3 unspecified atom stereocenters. The molecule has 3 atom stereocenters. The Kier molecular flexibility index (Phi) is 3.85. The molecular weight excluding hydrogens is 255 g/mol. The van der Waals surface area contributed by atoms with Crippen molar-refractivity contribution in [2.24, 2.45) is 5.92 Å². The van der Waals surface area contributed by atoms with Crippen molar-refractivity contribution in [3.8, 4) is 6.07 Å². The van der Waals surface area contributed by atoms with E-state index in [0.717, 1.165) is 0 Å². The van der Waals surface area contributed by atoms with Crippen molar-refractivity contribution in [1.82, 2.24) is 4.72 Å². The Hall–Kier alpha value is 0.340. The van der Waals surface area contributed by atoms with Gasteiger partial charge in [-0.2, -0.15) is 5.26 Å². The summed E-state index contributed by atoms with van der Waals surface area (Å²) < 4.78 is 13.3. The lowest BCUT2D eigenvalue weighted by Gasteiger charge is -2.25. The second kappa shape index (κ2) is 4.31. The van der Waals surface area contributed by atoms with Crippen molar-refractivity contribution in [3.05, 3.63) is 0 Å². The van der Waals surface area contributed by atoms with Crippen molar-refractivity contribution in [1.29, 1.82) is 5.26 Å². The minimum absolute atomic E-state index is 0.128. The number of nitriles is 1. The van der Waals surface area contributed by atoms with Gasteiger partial charge in [-0.05, 0) is 27.2 Å². The fourth-order valence-electron chi connectivity index (χ4n) is 1.09. The molecule has 0 aromatic carbocycles. The first-order chi connectivity index (χ1) is 6.68. The summed E-state index contributed by atoms with van der Waals surface area (Å²) in [5, 5.41) is 8.92. The highest BCUT2D eigenvalue weighted by Gasteiger charge is 2.57. The van der Waals surface area contributed by atoms with Gasteiger partial charge in [0.15, 0.2) is 0 Å². The highest BCUT2D eigenvalue weighted by molar-refractivity contribution is 7.90. The van der Waals surface area contributed by atoms with Crippen molar-refractivity contribution in [2.45, 2.75) is 42.3 Å². The van der Waals surface area contributed by atoms with E-state index in [-0.39, 0.29) is 5.92 Å². The molecule has 0 heterocycles. The van der Waals surface area contributed by atoms with E-state index in [4.69, 9.17) is 28.5 Å². The van der Waals surface area contributed by atoms with Crippen LogP contribution in [0.5, 0.6) is 0 Å². The Balaban J connectivity index is 2.54. The zero-order chi connectivity index (χ0) is 11.9. The van der Waals surface area contributed by atoms with E-state index in [1.165, 1.54) is 0 Å². The molecule has 1 N–H and O–H groups in total. The van der Waals surface area contributed by atoms with Crippen molar-refractivity contribution >= 4 is 34.6 Å². The summed E-state index contributed by atoms with van der Waals surface area (Å²) in [5.74, 6) is -0.128. The van der Waals surface area contributed by atoms with E-state index in [0.29, 0.717) is 6.42 Å². The minimum Gasteiger partial charge on any atom is -0.598 e. The van der Waals surface area contributed by atoms with E-state index in [2.05, 4.69) is 4.72 Å². The van der Waals surface area contributed by atoms with Gasteiger partial charge in [0.25, 0.3) is 0 Å². The van der Waals surface area contributed by atoms with Crippen LogP contribution >= 0.6 is 23.2 Å². The van der Waals surface area contributed by atoms with Gasteiger partial charge >= 0.3 is 0 Å². The monoisotopic (exact) mass is 268 g/mol. The summed E-state index contributed by atoms with van der Waals surface area (Å²) in [6.45, 7) is 5.52. The molecule has 1 saturated carbocycles. The highest BCUT2D eigenvalue weighted by Crippen LogP contribution is 2.54. The van der Waals surface area contributed by atoms with Gasteiger partial charge in [0.2, 0.25) is 0 Å². The SMILES string of the molecule is CC(C)(C)[S+]([O-])NC(C#N)C1CC1(Cl)Cl. The molecule has 0 aromatic heterocycles. The molecule has 15 heavy (non-hydrogen) atoms. The molecule has 0 radical (unpaired) electrons. The number of nitrogens with one attached hydrogen (secondary N) is 1. The largest absolute Gasteiger partial charge is 0.598 e. The lowest BCUT2D eigenvalue weighted by atomic mass is 10.2. The van der Waals surface area contributed by atoms with E-state index in [1.54, 1.807) is 0 Å². The Morgan fingerprint density at radius 3 is 2.33 bits per heavy atom. The average Bonchev–Trinajstić information content (AvgIpc) is 2.68. The van der Waals surface area contributed by atoms with Crippen molar-refractivity contribution < 1.29 is 4.55 Å². The predicted octanol–water partition coefficient (Wildman–Crippen LogP) is 2.12. The Morgan fingerprint density at radius 1 is 1.60 bits per heavy atom. The predicted molar refractivity (Wildman–Crippen MR) is 63.0 cm³/mol. The van der Waals surface area contributed by atoms with E-state index in [1.807, 2.05) is 26.8 Å². The molecule has 0 bridgehead atoms. The molecule has 1 rings (SSSR count). The van der Waals surface area contributed by atoms with Gasteiger partial charge in [-0.15, -0.1) is 27.9 Å². The maximum Gasteiger partial charge on any atom is 0.145 e. The fraction of sp³-hybridized carbons (Fsp3) is 0.889. The topological polar surface area (TPSA) is 58.9 Å². The normalized spacial score (nSPS) is 27.9. The number of nitrogens with zero attached hydrogens (tertiary/aromatic N) is 1. The third-order valence-corrected chi connectivity index (χ3v) is 4.66.